The predicted octanol–water partition coefficient (Wildman–Crippen LogP) is 4.88. The first-order chi connectivity index (χ1) is 15.5. The lowest BCUT2D eigenvalue weighted by Gasteiger charge is -2.46. The van der Waals surface area contributed by atoms with Crippen molar-refractivity contribution in [3.8, 4) is 5.75 Å². The standard InChI is InChI=1S/C25H31FN2O3S/c1-2-19-15-20-23(32-19)7-12-30-25(20)8-10-28(11-9-25)16-17-13-18(14-17)27-24(29)31-22-6-4-3-5-21(22)26/h3-6,15,17-18H,2,7-14,16H2,1H3,(H,27,29). The van der Waals surface area contributed by atoms with Gasteiger partial charge in [0.15, 0.2) is 11.6 Å². The van der Waals surface area contributed by atoms with Crippen molar-refractivity contribution < 1.29 is 18.7 Å². The Balaban J connectivity index is 1.07. The number of rotatable bonds is 5. The maximum absolute atomic E-state index is 13.6. The zero-order chi connectivity index (χ0) is 22.1. The summed E-state index contributed by atoms with van der Waals surface area (Å²) < 4.78 is 25.1. The van der Waals surface area contributed by atoms with Crippen LogP contribution in [0.25, 0.3) is 0 Å². The molecule has 1 saturated heterocycles. The van der Waals surface area contributed by atoms with Gasteiger partial charge in [-0.25, -0.2) is 9.18 Å². The Hall–Kier alpha value is -1.96. The van der Waals surface area contributed by atoms with Crippen LogP contribution in [0.2, 0.25) is 0 Å². The van der Waals surface area contributed by atoms with Crippen molar-refractivity contribution in [1.82, 2.24) is 10.2 Å². The molecule has 2 fully saturated rings. The molecule has 1 aliphatic carbocycles. The summed E-state index contributed by atoms with van der Waals surface area (Å²) in [7, 11) is 0. The highest BCUT2D eigenvalue weighted by Gasteiger charge is 2.42. The van der Waals surface area contributed by atoms with Crippen molar-refractivity contribution >= 4 is 17.4 Å². The summed E-state index contributed by atoms with van der Waals surface area (Å²) in [4.78, 5) is 17.6. The highest BCUT2D eigenvalue weighted by molar-refractivity contribution is 7.12. The maximum atomic E-state index is 13.6. The first-order valence-corrected chi connectivity index (χ1v) is 12.6. The van der Waals surface area contributed by atoms with E-state index in [-0.39, 0.29) is 17.4 Å². The third kappa shape index (κ3) is 4.43. The summed E-state index contributed by atoms with van der Waals surface area (Å²) in [6.45, 7) is 6.25. The molecule has 5 rings (SSSR count). The highest BCUT2D eigenvalue weighted by atomic mass is 32.1. The minimum Gasteiger partial charge on any atom is -0.407 e. The number of piperidine rings is 1. The monoisotopic (exact) mass is 458 g/mol. The van der Waals surface area contributed by atoms with Crippen LogP contribution >= 0.6 is 11.3 Å². The number of thiophene rings is 1. The number of carbonyl (C=O) groups is 1. The van der Waals surface area contributed by atoms with Crippen LogP contribution in [0.1, 0.15) is 47.9 Å². The molecule has 1 saturated carbocycles. The molecule has 1 amide bonds. The van der Waals surface area contributed by atoms with Gasteiger partial charge in [0.2, 0.25) is 0 Å². The van der Waals surface area contributed by atoms with Crippen LogP contribution in [0.15, 0.2) is 30.3 Å². The van der Waals surface area contributed by atoms with E-state index in [1.165, 1.54) is 27.5 Å². The number of hydrogen-bond donors (Lipinski definition) is 1. The molecule has 1 aromatic carbocycles. The van der Waals surface area contributed by atoms with Crippen LogP contribution in [-0.4, -0.2) is 43.3 Å². The van der Waals surface area contributed by atoms with Crippen LogP contribution in [0, 0.1) is 11.7 Å². The van der Waals surface area contributed by atoms with E-state index < -0.39 is 11.9 Å². The maximum Gasteiger partial charge on any atom is 0.412 e. The van der Waals surface area contributed by atoms with Crippen molar-refractivity contribution in [1.29, 1.82) is 0 Å². The van der Waals surface area contributed by atoms with E-state index >= 15 is 0 Å². The normalized spacial score (nSPS) is 24.6. The Morgan fingerprint density at radius 2 is 2.09 bits per heavy atom. The fourth-order valence-corrected chi connectivity index (χ4v) is 6.53. The second-order valence-electron chi connectivity index (χ2n) is 9.30. The average molecular weight is 459 g/mol. The molecule has 3 aliphatic rings. The Morgan fingerprint density at radius 3 is 2.84 bits per heavy atom. The van der Waals surface area contributed by atoms with Crippen LogP contribution in [0.5, 0.6) is 5.75 Å². The summed E-state index contributed by atoms with van der Waals surface area (Å²) in [5, 5.41) is 2.86. The van der Waals surface area contributed by atoms with E-state index in [1.54, 1.807) is 12.1 Å². The van der Waals surface area contributed by atoms with E-state index in [0.29, 0.717) is 5.92 Å². The summed E-state index contributed by atoms with van der Waals surface area (Å²) in [6, 6.07) is 8.47. The average Bonchev–Trinajstić information content (AvgIpc) is 3.20. The summed E-state index contributed by atoms with van der Waals surface area (Å²) in [5.41, 5.74) is 1.39. The zero-order valence-corrected chi connectivity index (χ0v) is 19.4. The van der Waals surface area contributed by atoms with Crippen molar-refractivity contribution in [3.05, 3.63) is 51.5 Å². The van der Waals surface area contributed by atoms with Crippen molar-refractivity contribution in [2.24, 2.45) is 5.92 Å². The number of amides is 1. The molecule has 7 heteroatoms. The largest absolute Gasteiger partial charge is 0.412 e. The molecule has 172 valence electrons. The second-order valence-corrected chi connectivity index (χ2v) is 10.5. The van der Waals surface area contributed by atoms with Gasteiger partial charge < -0.3 is 19.7 Å². The molecular formula is C25H31FN2O3S. The molecule has 32 heavy (non-hydrogen) atoms. The number of benzene rings is 1. The smallest absolute Gasteiger partial charge is 0.407 e. The number of nitrogens with zero attached hydrogens (tertiary/aromatic N) is 1. The number of aryl methyl sites for hydroxylation is 1. The molecule has 0 bridgehead atoms. The molecule has 5 nitrogen and oxygen atoms in total. The Labute approximate surface area is 192 Å². The van der Waals surface area contributed by atoms with Gasteiger partial charge in [-0.15, -0.1) is 11.3 Å². The quantitative estimate of drug-likeness (QED) is 0.694. The molecule has 1 spiro atoms. The van der Waals surface area contributed by atoms with Gasteiger partial charge in [0.1, 0.15) is 0 Å². The number of para-hydroxylation sites is 1. The summed E-state index contributed by atoms with van der Waals surface area (Å²) >= 11 is 1.97. The third-order valence-corrected chi connectivity index (χ3v) is 8.52. The number of fused-ring (bicyclic) bond motifs is 2. The third-order valence-electron chi connectivity index (χ3n) is 7.18. The first-order valence-electron chi connectivity index (χ1n) is 11.8. The van der Waals surface area contributed by atoms with Gasteiger partial charge in [0, 0.05) is 41.9 Å². The van der Waals surface area contributed by atoms with Gasteiger partial charge in [-0.3, -0.25) is 0 Å². The van der Waals surface area contributed by atoms with Crippen molar-refractivity contribution in [2.75, 3.05) is 26.2 Å². The zero-order valence-electron chi connectivity index (χ0n) is 18.6. The van der Waals surface area contributed by atoms with Gasteiger partial charge in [-0.05, 0) is 61.8 Å². The minimum atomic E-state index is -0.578. The minimum absolute atomic E-state index is 0.0344. The molecule has 3 heterocycles. The SMILES string of the molecule is CCc1cc2c(s1)CCOC21CCN(CC2CC(NC(=O)Oc3ccccc3F)C2)CC1. The van der Waals surface area contributed by atoms with Crippen LogP contribution < -0.4 is 10.1 Å². The fraction of sp³-hybridized carbons (Fsp3) is 0.560. The first kappa shape index (κ1) is 21.9. The molecular weight excluding hydrogens is 427 g/mol. The summed E-state index contributed by atoms with van der Waals surface area (Å²) in [6.07, 6.45) is 5.59. The molecule has 2 aliphatic heterocycles. The van der Waals surface area contributed by atoms with Gasteiger partial charge in [0.05, 0.1) is 12.2 Å². The number of carbonyl (C=O) groups excluding carboxylic acids is 1. The van der Waals surface area contributed by atoms with E-state index in [2.05, 4.69) is 23.2 Å². The predicted molar refractivity (Wildman–Crippen MR) is 123 cm³/mol. The lowest BCUT2D eigenvalue weighted by molar-refractivity contribution is -0.0995. The molecule has 0 radical (unpaired) electrons. The van der Waals surface area contributed by atoms with Gasteiger partial charge in [-0.1, -0.05) is 19.1 Å². The van der Waals surface area contributed by atoms with Crippen LogP contribution in [0.3, 0.4) is 0 Å². The topological polar surface area (TPSA) is 50.8 Å². The Bertz CT molecular complexity index is 964. The van der Waals surface area contributed by atoms with Gasteiger partial charge in [0.25, 0.3) is 0 Å². The fourth-order valence-electron chi connectivity index (χ4n) is 5.35. The number of halogens is 1. The van der Waals surface area contributed by atoms with E-state index in [9.17, 15) is 9.18 Å². The Morgan fingerprint density at radius 1 is 1.31 bits per heavy atom. The molecule has 0 atom stereocenters. The highest BCUT2D eigenvalue weighted by Crippen LogP contribution is 2.45. The second kappa shape index (κ2) is 9.12. The molecule has 1 aromatic heterocycles. The number of hydrogen-bond acceptors (Lipinski definition) is 5. The molecule has 2 aromatic rings. The number of nitrogens with one attached hydrogen (secondary N) is 1. The Kier molecular flexibility index (Phi) is 6.23. The van der Waals surface area contributed by atoms with Crippen molar-refractivity contribution in [3.63, 3.8) is 0 Å². The van der Waals surface area contributed by atoms with Crippen molar-refractivity contribution in [2.45, 2.75) is 57.1 Å². The van der Waals surface area contributed by atoms with Crippen LogP contribution in [-0.2, 0) is 23.2 Å². The lowest BCUT2D eigenvalue weighted by atomic mass is 9.78. The van der Waals surface area contributed by atoms with E-state index in [1.807, 2.05) is 11.3 Å². The number of likely N-dealkylation sites (tertiary alicyclic amines) is 1. The lowest BCUT2D eigenvalue weighted by Crippen LogP contribution is -2.51. The summed E-state index contributed by atoms with van der Waals surface area (Å²) in [5.74, 6) is 0.0193. The molecule has 1 N–H and O–H groups in total. The van der Waals surface area contributed by atoms with Crippen LogP contribution in [0.4, 0.5) is 9.18 Å². The molecule has 0 unspecified atom stereocenters. The van der Waals surface area contributed by atoms with E-state index in [4.69, 9.17) is 9.47 Å². The number of ether oxygens (including phenoxy) is 2. The van der Waals surface area contributed by atoms with Gasteiger partial charge in [-0.2, -0.15) is 0 Å². The van der Waals surface area contributed by atoms with E-state index in [0.717, 1.165) is 64.8 Å². The van der Waals surface area contributed by atoms with Gasteiger partial charge >= 0.3 is 6.09 Å².